The average molecular weight is 405 g/mol. The summed E-state index contributed by atoms with van der Waals surface area (Å²) in [6, 6.07) is 2.57. The monoisotopic (exact) mass is 404 g/mol. The first kappa shape index (κ1) is 26.9. The van der Waals surface area contributed by atoms with Gasteiger partial charge in [-0.05, 0) is 57.1 Å². The fourth-order valence-electron chi connectivity index (χ4n) is 2.75. The quantitative estimate of drug-likeness (QED) is 0.563. The molecule has 0 unspecified atom stereocenters. The van der Waals surface area contributed by atoms with Crippen LogP contribution >= 0.6 is 27.0 Å². The molecule has 0 saturated heterocycles. The first-order chi connectivity index (χ1) is 11.0. The van der Waals surface area contributed by atoms with E-state index < -0.39 is 5.97 Å². The molecule has 0 amide bonds. The first-order valence-corrected chi connectivity index (χ1v) is 8.09. The Kier molecular flexibility index (Phi) is 13.4. The maximum atomic E-state index is 12.3. The van der Waals surface area contributed by atoms with Crippen LogP contribution in [-0.2, 0) is 4.74 Å². The van der Waals surface area contributed by atoms with Gasteiger partial charge in [0.2, 0.25) is 0 Å². The zero-order chi connectivity index (χ0) is 16.8. The molecule has 0 fully saturated rings. The molecule has 0 radical (unpaired) electrons. The predicted molar refractivity (Wildman–Crippen MR) is 115 cm³/mol. The van der Waals surface area contributed by atoms with Gasteiger partial charge < -0.3 is 20.1 Å². The maximum absolute atomic E-state index is 12.3. The second kappa shape index (κ2) is 12.9. The van der Waals surface area contributed by atoms with Crippen LogP contribution in [0.25, 0.3) is 6.08 Å². The molecule has 1 aromatic carbocycles. The third-order valence-corrected chi connectivity index (χ3v) is 4.00. The van der Waals surface area contributed by atoms with Crippen molar-refractivity contribution in [1.29, 1.82) is 0 Å². The fourth-order valence-corrected chi connectivity index (χ4v) is 2.75. The Hall–Kier alpha value is -1.31. The highest BCUT2D eigenvalue weighted by Crippen LogP contribution is 2.30. The summed E-state index contributed by atoms with van der Waals surface area (Å²) in [5.41, 5.74) is 0.500. The highest BCUT2D eigenvalue weighted by molar-refractivity contribution is 7.59. The first-order valence-electron chi connectivity index (χ1n) is 8.09. The van der Waals surface area contributed by atoms with Gasteiger partial charge >= 0.3 is 5.97 Å². The minimum atomic E-state index is -0.604. The fraction of sp³-hybridized carbons (Fsp3) is 0.526. The SMILES string of the molecule is C.C[C@H]1CCC[C@@H](O)CCC/C=C/c2cc(O)cc(O)c2C(=O)O1.S.S. The van der Waals surface area contributed by atoms with Crippen LogP contribution in [0.1, 0.15) is 68.8 Å². The Labute approximate surface area is 170 Å². The summed E-state index contributed by atoms with van der Waals surface area (Å²) < 4.78 is 5.38. The number of hydrogen-bond acceptors (Lipinski definition) is 5. The molecule has 3 N–H and O–H groups in total. The molecule has 0 aromatic heterocycles. The second-order valence-corrected chi connectivity index (χ2v) is 6.06. The molecule has 26 heavy (non-hydrogen) atoms. The van der Waals surface area contributed by atoms with Crippen LogP contribution in [0.3, 0.4) is 0 Å². The lowest BCUT2D eigenvalue weighted by Crippen LogP contribution is -2.17. The number of esters is 1. The number of benzene rings is 1. The van der Waals surface area contributed by atoms with E-state index in [0.717, 1.165) is 31.7 Å². The molecule has 2 rings (SSSR count). The normalized spacial score (nSPS) is 22.2. The van der Waals surface area contributed by atoms with Crippen molar-refractivity contribution < 1.29 is 24.9 Å². The largest absolute Gasteiger partial charge is 0.508 e. The zero-order valence-corrected chi connectivity index (χ0v) is 16.4. The van der Waals surface area contributed by atoms with Crippen LogP contribution in [0.15, 0.2) is 18.2 Å². The van der Waals surface area contributed by atoms with Crippen LogP contribution < -0.4 is 0 Å². The number of aliphatic hydroxyl groups is 1. The Morgan fingerprint density at radius 2 is 1.73 bits per heavy atom. The molecular weight excluding hydrogens is 372 g/mol. The van der Waals surface area contributed by atoms with Gasteiger partial charge in [-0.3, -0.25) is 0 Å². The number of aliphatic hydroxyl groups excluding tert-OH is 1. The van der Waals surface area contributed by atoms with E-state index >= 15 is 0 Å². The van der Waals surface area contributed by atoms with Crippen LogP contribution in [0.2, 0.25) is 0 Å². The van der Waals surface area contributed by atoms with Crippen LogP contribution in [0.4, 0.5) is 0 Å². The number of fused-ring (bicyclic) bond motifs is 1. The van der Waals surface area contributed by atoms with Crippen molar-refractivity contribution in [3.05, 3.63) is 29.3 Å². The van der Waals surface area contributed by atoms with Gasteiger partial charge in [-0.2, -0.15) is 27.0 Å². The van der Waals surface area contributed by atoms with E-state index in [-0.39, 0.29) is 63.7 Å². The lowest BCUT2D eigenvalue weighted by atomic mass is 10.0. The van der Waals surface area contributed by atoms with E-state index in [1.165, 1.54) is 6.07 Å². The summed E-state index contributed by atoms with van der Waals surface area (Å²) in [5.74, 6) is -1.00. The topological polar surface area (TPSA) is 87.0 Å². The summed E-state index contributed by atoms with van der Waals surface area (Å²) in [7, 11) is 0. The molecule has 5 nitrogen and oxygen atoms in total. The van der Waals surface area contributed by atoms with Crippen molar-refractivity contribution in [2.24, 2.45) is 0 Å². The second-order valence-electron chi connectivity index (χ2n) is 6.06. The number of phenolic OH excluding ortho intramolecular Hbond substituents is 2. The number of cyclic esters (lactones) is 1. The number of carbonyl (C=O) groups excluding carboxylic acids is 1. The molecule has 0 saturated carbocycles. The molecule has 0 spiro atoms. The van der Waals surface area contributed by atoms with E-state index in [4.69, 9.17) is 4.74 Å². The molecule has 1 aliphatic rings. The highest BCUT2D eigenvalue weighted by Gasteiger charge is 2.20. The predicted octanol–water partition coefficient (Wildman–Crippen LogP) is 4.23. The van der Waals surface area contributed by atoms with Crippen LogP contribution in [0, 0.1) is 0 Å². The van der Waals surface area contributed by atoms with E-state index in [0.29, 0.717) is 18.4 Å². The molecule has 1 aromatic rings. The van der Waals surface area contributed by atoms with Crippen molar-refractivity contribution in [2.75, 3.05) is 0 Å². The molecule has 1 heterocycles. The number of ether oxygens (including phenoxy) is 1. The summed E-state index contributed by atoms with van der Waals surface area (Å²) in [6.45, 7) is 1.79. The van der Waals surface area contributed by atoms with Crippen molar-refractivity contribution in [3.8, 4) is 11.5 Å². The number of aromatic hydroxyl groups is 2. The Bertz CT molecular complexity index is 590. The summed E-state index contributed by atoms with van der Waals surface area (Å²) >= 11 is 0. The van der Waals surface area contributed by atoms with Gasteiger partial charge in [-0.25, -0.2) is 4.79 Å². The van der Waals surface area contributed by atoms with Crippen molar-refractivity contribution >= 4 is 39.0 Å². The Morgan fingerprint density at radius 1 is 1.08 bits per heavy atom. The molecular formula is C19H32O5S2. The van der Waals surface area contributed by atoms with Gasteiger partial charge in [-0.15, -0.1) is 0 Å². The minimum absolute atomic E-state index is 0. The van der Waals surface area contributed by atoms with Crippen molar-refractivity contribution in [3.63, 3.8) is 0 Å². The molecule has 7 heteroatoms. The third kappa shape index (κ3) is 7.93. The molecule has 0 bridgehead atoms. The van der Waals surface area contributed by atoms with Crippen molar-refractivity contribution in [2.45, 2.75) is 65.1 Å². The molecule has 150 valence electrons. The van der Waals surface area contributed by atoms with E-state index in [1.807, 2.05) is 6.08 Å². The van der Waals surface area contributed by atoms with Gasteiger partial charge in [0.25, 0.3) is 0 Å². The maximum Gasteiger partial charge on any atom is 0.342 e. The summed E-state index contributed by atoms with van der Waals surface area (Å²) in [6.07, 6.45) is 7.39. The van der Waals surface area contributed by atoms with Gasteiger partial charge in [0.15, 0.2) is 0 Å². The number of hydrogen-bond donors (Lipinski definition) is 3. The number of phenols is 2. The zero-order valence-electron chi connectivity index (χ0n) is 14.4. The number of carbonyl (C=O) groups is 1. The van der Waals surface area contributed by atoms with Crippen LogP contribution in [0.5, 0.6) is 11.5 Å². The van der Waals surface area contributed by atoms with Crippen molar-refractivity contribution in [1.82, 2.24) is 0 Å². The summed E-state index contributed by atoms with van der Waals surface area (Å²) in [4.78, 5) is 12.3. The Balaban J connectivity index is 0. The van der Waals surface area contributed by atoms with Gasteiger partial charge in [0.05, 0.1) is 12.2 Å². The van der Waals surface area contributed by atoms with Gasteiger partial charge in [0, 0.05) is 6.07 Å². The van der Waals surface area contributed by atoms with Gasteiger partial charge in [0.1, 0.15) is 17.1 Å². The highest BCUT2D eigenvalue weighted by atomic mass is 32.1. The molecule has 1 aliphatic heterocycles. The standard InChI is InChI=1S/C18H24O5.CH4.2H2S/c1-12-6-5-9-14(19)8-4-2-3-7-13-10-15(20)11-16(21)17(13)18(22)23-12;;;/h3,7,10-12,14,19-21H,2,4-6,8-9H2,1H3;1H4;2*1H2/b7-3+;;;/t12-,14-;;;/m0.../s1. The molecule has 0 aliphatic carbocycles. The smallest absolute Gasteiger partial charge is 0.342 e. The van der Waals surface area contributed by atoms with E-state index in [1.54, 1.807) is 13.0 Å². The van der Waals surface area contributed by atoms with Crippen LogP contribution in [-0.4, -0.2) is 33.5 Å². The number of rotatable bonds is 0. The molecule has 2 atom stereocenters. The minimum Gasteiger partial charge on any atom is -0.508 e. The third-order valence-electron chi connectivity index (χ3n) is 4.00. The van der Waals surface area contributed by atoms with E-state index in [9.17, 15) is 20.1 Å². The van der Waals surface area contributed by atoms with E-state index in [2.05, 4.69) is 0 Å². The Morgan fingerprint density at radius 3 is 2.42 bits per heavy atom. The summed E-state index contributed by atoms with van der Waals surface area (Å²) in [5, 5.41) is 29.5. The average Bonchev–Trinajstić information content (AvgIpc) is 2.45. The van der Waals surface area contributed by atoms with Gasteiger partial charge in [-0.1, -0.05) is 19.6 Å². The lowest BCUT2D eigenvalue weighted by molar-refractivity contribution is 0.0307. The number of allylic oxidation sites excluding steroid dienone is 1. The lowest BCUT2D eigenvalue weighted by Gasteiger charge is -2.17.